The van der Waals surface area contributed by atoms with Gasteiger partial charge >= 0.3 is 0 Å². The van der Waals surface area contributed by atoms with Gasteiger partial charge in [-0.2, -0.15) is 10.2 Å². The molecule has 2 aromatic rings. The van der Waals surface area contributed by atoms with Crippen molar-refractivity contribution < 1.29 is 0 Å². The molecule has 4 nitrogen and oxygen atoms in total. The number of nitrogens with zero attached hydrogens (tertiary/aromatic N) is 4. The summed E-state index contributed by atoms with van der Waals surface area (Å²) >= 11 is 0. The molecule has 2 aromatic heterocycles. The Morgan fingerprint density at radius 1 is 0.950 bits per heavy atom. The van der Waals surface area contributed by atoms with E-state index in [-0.39, 0.29) is 5.41 Å². The van der Waals surface area contributed by atoms with Crippen LogP contribution in [-0.2, 0) is 0 Å². The molecule has 1 aliphatic heterocycles. The van der Waals surface area contributed by atoms with Gasteiger partial charge in [-0.05, 0) is 30.7 Å². The quantitative estimate of drug-likeness (QED) is 0.835. The van der Waals surface area contributed by atoms with Crippen LogP contribution in [0, 0.1) is 11.3 Å². The average molecular weight is 262 g/mol. The summed E-state index contributed by atoms with van der Waals surface area (Å²) in [4.78, 5) is 8.80. The first-order valence-electron chi connectivity index (χ1n) is 6.78. The Balaban J connectivity index is 1.78. The van der Waals surface area contributed by atoms with Gasteiger partial charge in [-0.3, -0.25) is 9.97 Å². The first-order valence-corrected chi connectivity index (χ1v) is 6.78. The molecule has 2 unspecified atom stereocenters. The van der Waals surface area contributed by atoms with Crippen molar-refractivity contribution in [2.24, 2.45) is 21.5 Å². The molecule has 3 heterocycles. The first kappa shape index (κ1) is 11.5. The van der Waals surface area contributed by atoms with Crippen LogP contribution in [0.2, 0.25) is 0 Å². The van der Waals surface area contributed by atoms with E-state index in [9.17, 15) is 0 Å². The molecule has 1 fully saturated rings. The van der Waals surface area contributed by atoms with Gasteiger partial charge in [-0.15, -0.1) is 0 Å². The fraction of sp³-hybridized carbons (Fsp3) is 0.250. The molecule has 0 bridgehead atoms. The smallest absolute Gasteiger partial charge is 0.0952 e. The summed E-state index contributed by atoms with van der Waals surface area (Å²) in [7, 11) is 0. The molecule has 4 heteroatoms. The number of hydrogen-bond donors (Lipinski definition) is 0. The maximum atomic E-state index is 4.45. The molecule has 4 rings (SSSR count). The standard InChI is InChI=1S/C16H14N4/c1-16-10-11(16)14(12-6-2-4-8-17-12)19-20-15(16)13-7-3-5-9-18-13/h2-9,11H,10H2,1H3. The van der Waals surface area contributed by atoms with Crippen molar-refractivity contribution in [3.8, 4) is 0 Å². The van der Waals surface area contributed by atoms with Gasteiger partial charge in [-0.25, -0.2) is 0 Å². The van der Waals surface area contributed by atoms with Crippen molar-refractivity contribution in [1.82, 2.24) is 9.97 Å². The van der Waals surface area contributed by atoms with Gasteiger partial charge in [0.2, 0.25) is 0 Å². The average Bonchev–Trinajstić information content (AvgIpc) is 3.20. The molecule has 1 saturated carbocycles. The fourth-order valence-corrected chi connectivity index (χ4v) is 2.90. The summed E-state index contributed by atoms with van der Waals surface area (Å²) in [5.41, 5.74) is 3.94. The second-order valence-corrected chi connectivity index (χ2v) is 5.54. The van der Waals surface area contributed by atoms with Crippen molar-refractivity contribution in [3.63, 3.8) is 0 Å². The third-order valence-corrected chi connectivity index (χ3v) is 4.20. The molecule has 0 amide bonds. The number of pyridine rings is 2. The largest absolute Gasteiger partial charge is 0.255 e. The van der Waals surface area contributed by atoms with Crippen LogP contribution < -0.4 is 0 Å². The molecule has 0 spiro atoms. The molecule has 20 heavy (non-hydrogen) atoms. The zero-order chi connectivity index (χ0) is 13.6. The Kier molecular flexibility index (Phi) is 2.33. The maximum Gasteiger partial charge on any atom is 0.0952 e. The summed E-state index contributed by atoms with van der Waals surface area (Å²) in [5.74, 6) is 0.409. The van der Waals surface area contributed by atoms with Crippen LogP contribution in [0.3, 0.4) is 0 Å². The molecule has 0 N–H and O–H groups in total. The van der Waals surface area contributed by atoms with E-state index in [0.717, 1.165) is 29.2 Å². The third-order valence-electron chi connectivity index (χ3n) is 4.20. The molecule has 1 aliphatic carbocycles. The van der Waals surface area contributed by atoms with E-state index >= 15 is 0 Å². The molecule has 2 aliphatic rings. The number of aromatic nitrogens is 2. The minimum atomic E-state index is 0.0585. The lowest BCUT2D eigenvalue weighted by Crippen LogP contribution is -2.24. The van der Waals surface area contributed by atoms with E-state index in [1.165, 1.54) is 0 Å². The fourth-order valence-electron chi connectivity index (χ4n) is 2.90. The first-order chi connectivity index (χ1) is 9.79. The van der Waals surface area contributed by atoms with Crippen molar-refractivity contribution in [1.29, 1.82) is 0 Å². The monoisotopic (exact) mass is 262 g/mol. The Bertz CT molecular complexity index is 706. The number of rotatable bonds is 2. The lowest BCUT2D eigenvalue weighted by molar-refractivity contribution is 0.739. The molecule has 0 radical (unpaired) electrons. The lowest BCUT2D eigenvalue weighted by atomic mass is 9.93. The Morgan fingerprint density at radius 3 is 2.30 bits per heavy atom. The summed E-state index contributed by atoms with van der Waals surface area (Å²) < 4.78 is 0. The van der Waals surface area contributed by atoms with Crippen LogP contribution in [-0.4, -0.2) is 21.4 Å². The van der Waals surface area contributed by atoms with Crippen molar-refractivity contribution >= 4 is 11.4 Å². The number of fused-ring (bicyclic) bond motifs is 1. The lowest BCUT2D eigenvalue weighted by Gasteiger charge is -2.18. The van der Waals surface area contributed by atoms with Gasteiger partial charge in [0.1, 0.15) is 0 Å². The zero-order valence-electron chi connectivity index (χ0n) is 11.2. The second kappa shape index (κ2) is 4.07. The van der Waals surface area contributed by atoms with Crippen molar-refractivity contribution in [3.05, 3.63) is 60.2 Å². The van der Waals surface area contributed by atoms with Gasteiger partial charge in [-0.1, -0.05) is 19.1 Å². The predicted molar refractivity (Wildman–Crippen MR) is 77.8 cm³/mol. The van der Waals surface area contributed by atoms with Gasteiger partial charge in [0.25, 0.3) is 0 Å². The SMILES string of the molecule is CC12CC1C(c1ccccn1)=NN=C2c1ccccn1. The minimum absolute atomic E-state index is 0.0585. The third kappa shape index (κ3) is 1.61. The highest BCUT2D eigenvalue weighted by Crippen LogP contribution is 2.57. The van der Waals surface area contributed by atoms with Gasteiger partial charge in [0.05, 0.1) is 22.8 Å². The van der Waals surface area contributed by atoms with E-state index < -0.39 is 0 Å². The van der Waals surface area contributed by atoms with E-state index in [2.05, 4.69) is 27.1 Å². The predicted octanol–water partition coefficient (Wildman–Crippen LogP) is 2.71. The van der Waals surface area contributed by atoms with E-state index in [1.807, 2.05) is 36.4 Å². The van der Waals surface area contributed by atoms with Gasteiger partial charge < -0.3 is 0 Å². The highest BCUT2D eigenvalue weighted by atomic mass is 15.2. The van der Waals surface area contributed by atoms with Crippen molar-refractivity contribution in [2.75, 3.05) is 0 Å². The maximum absolute atomic E-state index is 4.45. The second-order valence-electron chi connectivity index (χ2n) is 5.54. The van der Waals surface area contributed by atoms with Crippen molar-refractivity contribution in [2.45, 2.75) is 13.3 Å². The topological polar surface area (TPSA) is 50.5 Å². The normalized spacial score (nSPS) is 27.4. The van der Waals surface area contributed by atoms with Gasteiger partial charge in [0.15, 0.2) is 0 Å². The summed E-state index contributed by atoms with van der Waals surface area (Å²) in [6.07, 6.45) is 4.67. The zero-order valence-corrected chi connectivity index (χ0v) is 11.2. The van der Waals surface area contributed by atoms with Gasteiger partial charge in [0, 0.05) is 23.7 Å². The molecule has 98 valence electrons. The molecular formula is C16H14N4. The molecule has 0 aromatic carbocycles. The molecular weight excluding hydrogens is 248 g/mol. The molecule has 0 saturated heterocycles. The van der Waals surface area contributed by atoms with Crippen LogP contribution in [0.4, 0.5) is 0 Å². The Morgan fingerprint density at radius 2 is 1.65 bits per heavy atom. The van der Waals surface area contributed by atoms with E-state index in [4.69, 9.17) is 0 Å². The van der Waals surface area contributed by atoms with Crippen LogP contribution in [0.15, 0.2) is 59.0 Å². The van der Waals surface area contributed by atoms with E-state index in [1.54, 1.807) is 12.4 Å². The minimum Gasteiger partial charge on any atom is -0.255 e. The summed E-state index contributed by atoms with van der Waals surface area (Å²) in [6, 6.07) is 11.8. The summed E-state index contributed by atoms with van der Waals surface area (Å²) in [6.45, 7) is 2.24. The summed E-state index contributed by atoms with van der Waals surface area (Å²) in [5, 5.41) is 8.88. The van der Waals surface area contributed by atoms with Crippen LogP contribution in [0.25, 0.3) is 0 Å². The van der Waals surface area contributed by atoms with Crippen LogP contribution in [0.1, 0.15) is 24.7 Å². The molecule has 2 atom stereocenters. The Hall–Kier alpha value is -2.36. The van der Waals surface area contributed by atoms with Crippen LogP contribution in [0.5, 0.6) is 0 Å². The highest BCUT2D eigenvalue weighted by Gasteiger charge is 2.59. The van der Waals surface area contributed by atoms with E-state index in [0.29, 0.717) is 5.92 Å². The number of hydrogen-bond acceptors (Lipinski definition) is 4. The van der Waals surface area contributed by atoms with Crippen LogP contribution >= 0.6 is 0 Å². The Labute approximate surface area is 117 Å². The highest BCUT2D eigenvalue weighted by molar-refractivity contribution is 6.15.